The summed E-state index contributed by atoms with van der Waals surface area (Å²) < 4.78 is 0. The molecule has 0 saturated carbocycles. The maximum atomic E-state index is 11.7. The van der Waals surface area contributed by atoms with Gasteiger partial charge in [-0.2, -0.15) is 0 Å². The fourth-order valence-electron chi connectivity index (χ4n) is 1.84. The van der Waals surface area contributed by atoms with Crippen molar-refractivity contribution in [3.8, 4) is 11.3 Å². The van der Waals surface area contributed by atoms with Crippen LogP contribution in [0.4, 0.5) is 5.69 Å². The summed E-state index contributed by atoms with van der Waals surface area (Å²) in [6.07, 6.45) is 1.07. The Morgan fingerprint density at radius 3 is 2.79 bits per heavy atom. The second-order valence-corrected chi connectivity index (χ2v) is 4.63. The molecule has 0 aliphatic rings. The third kappa shape index (κ3) is 3.38. The van der Waals surface area contributed by atoms with E-state index in [1.807, 2.05) is 30.3 Å². The molecule has 2 N–H and O–H groups in total. The number of rotatable bonds is 5. The first-order chi connectivity index (χ1) is 9.24. The Kier molecular flexibility index (Phi) is 4.63. The third-order valence-electron chi connectivity index (χ3n) is 2.89. The summed E-state index contributed by atoms with van der Waals surface area (Å²) in [7, 11) is 0. The van der Waals surface area contributed by atoms with Crippen LogP contribution >= 0.6 is 11.6 Å². The van der Waals surface area contributed by atoms with Crippen molar-refractivity contribution in [1.82, 2.24) is 4.98 Å². The molecule has 2 aromatic rings. The van der Waals surface area contributed by atoms with Crippen LogP contribution in [0.1, 0.15) is 18.9 Å². The van der Waals surface area contributed by atoms with Gasteiger partial charge in [0.15, 0.2) is 0 Å². The zero-order chi connectivity index (χ0) is 13.7. The normalized spacial score (nSPS) is 10.4. The number of alkyl halides is 1. The maximum absolute atomic E-state index is 11.7. The first kappa shape index (κ1) is 13.7. The van der Waals surface area contributed by atoms with E-state index >= 15 is 0 Å². The van der Waals surface area contributed by atoms with Gasteiger partial charge in [-0.25, -0.2) is 0 Å². The minimum atomic E-state index is -0.126. The van der Waals surface area contributed by atoms with Gasteiger partial charge in [0, 0.05) is 29.1 Å². The lowest BCUT2D eigenvalue weighted by Crippen LogP contribution is -2.11. The summed E-state index contributed by atoms with van der Waals surface area (Å²) in [5, 5.41) is 3.33. The van der Waals surface area contributed by atoms with Crippen LogP contribution in [0.5, 0.6) is 0 Å². The summed E-state index contributed by atoms with van der Waals surface area (Å²) in [5.74, 6) is 0.230. The molecule has 0 atom stereocenters. The highest BCUT2D eigenvalue weighted by Gasteiger charge is 2.03. The number of aromatic nitrogens is 1. The summed E-state index contributed by atoms with van der Waals surface area (Å²) >= 11 is 5.68. The molecule has 0 aliphatic carbocycles. The standard InChI is InChI=1S/C15H17ClN2O/c1-2-8-17-13-5-3-4-11(9-13)14-7-6-12(10-16)15(19)18-14/h3-7,9,17H,2,8,10H2,1H3,(H,18,19). The minimum absolute atomic E-state index is 0.126. The predicted octanol–water partition coefficient (Wildman–Crippen LogP) is 3.60. The molecule has 2 rings (SSSR count). The topological polar surface area (TPSA) is 44.9 Å². The fourth-order valence-corrected chi connectivity index (χ4v) is 2.05. The fraction of sp³-hybridized carbons (Fsp3) is 0.267. The molecule has 0 aliphatic heterocycles. The molecule has 0 radical (unpaired) electrons. The third-order valence-corrected chi connectivity index (χ3v) is 3.18. The van der Waals surface area contributed by atoms with E-state index in [9.17, 15) is 4.79 Å². The van der Waals surface area contributed by atoms with Crippen LogP contribution in [0.2, 0.25) is 0 Å². The summed E-state index contributed by atoms with van der Waals surface area (Å²) in [5.41, 5.74) is 3.31. The second kappa shape index (κ2) is 6.43. The van der Waals surface area contributed by atoms with Crippen molar-refractivity contribution in [2.24, 2.45) is 0 Å². The van der Waals surface area contributed by atoms with Crippen LogP contribution in [-0.4, -0.2) is 11.5 Å². The number of aromatic amines is 1. The molecule has 0 bridgehead atoms. The molecule has 19 heavy (non-hydrogen) atoms. The van der Waals surface area contributed by atoms with Gasteiger partial charge in [0.25, 0.3) is 5.56 Å². The van der Waals surface area contributed by atoms with Gasteiger partial charge in [0.1, 0.15) is 0 Å². The van der Waals surface area contributed by atoms with Crippen LogP contribution in [0.15, 0.2) is 41.2 Å². The molecule has 1 aromatic carbocycles. The lowest BCUT2D eigenvalue weighted by molar-refractivity contribution is 0.980. The smallest absolute Gasteiger partial charge is 0.252 e. The van der Waals surface area contributed by atoms with E-state index in [-0.39, 0.29) is 11.4 Å². The van der Waals surface area contributed by atoms with Gasteiger partial charge in [-0.05, 0) is 24.6 Å². The second-order valence-electron chi connectivity index (χ2n) is 4.37. The van der Waals surface area contributed by atoms with Crippen molar-refractivity contribution in [3.05, 3.63) is 52.3 Å². The SMILES string of the molecule is CCCNc1cccc(-c2ccc(CCl)c(=O)[nH]2)c1. The maximum Gasteiger partial charge on any atom is 0.252 e. The molecule has 1 heterocycles. The zero-order valence-electron chi connectivity index (χ0n) is 10.9. The molecular weight excluding hydrogens is 260 g/mol. The molecule has 1 aromatic heterocycles. The Balaban J connectivity index is 2.31. The Bertz CT molecular complexity index is 607. The summed E-state index contributed by atoms with van der Waals surface area (Å²) in [6, 6.07) is 11.7. The molecule has 4 heteroatoms. The van der Waals surface area contributed by atoms with Gasteiger partial charge < -0.3 is 10.3 Å². The molecule has 0 saturated heterocycles. The Labute approximate surface area is 117 Å². The summed E-state index contributed by atoms with van der Waals surface area (Å²) in [6.45, 7) is 3.06. The van der Waals surface area contributed by atoms with E-state index in [1.165, 1.54) is 0 Å². The lowest BCUT2D eigenvalue weighted by atomic mass is 10.1. The number of hydrogen-bond donors (Lipinski definition) is 2. The van der Waals surface area contributed by atoms with Gasteiger partial charge in [0.05, 0.1) is 5.88 Å². The molecule has 0 unspecified atom stereocenters. The highest BCUT2D eigenvalue weighted by molar-refractivity contribution is 6.17. The van der Waals surface area contributed by atoms with Gasteiger partial charge in [-0.15, -0.1) is 11.6 Å². The number of nitrogens with one attached hydrogen (secondary N) is 2. The highest BCUT2D eigenvalue weighted by atomic mass is 35.5. The number of H-pyrrole nitrogens is 1. The average Bonchev–Trinajstić information content (AvgIpc) is 2.45. The van der Waals surface area contributed by atoms with Crippen molar-refractivity contribution in [2.45, 2.75) is 19.2 Å². The van der Waals surface area contributed by atoms with E-state index in [1.54, 1.807) is 6.07 Å². The molecule has 0 amide bonds. The quantitative estimate of drug-likeness (QED) is 0.820. The number of halogens is 1. The molecular formula is C15H17ClN2O. The van der Waals surface area contributed by atoms with Crippen molar-refractivity contribution in [3.63, 3.8) is 0 Å². The van der Waals surface area contributed by atoms with Gasteiger partial charge in [-0.3, -0.25) is 4.79 Å². The number of anilines is 1. The van der Waals surface area contributed by atoms with Crippen LogP contribution in [0, 0.1) is 0 Å². The van der Waals surface area contributed by atoms with E-state index in [0.717, 1.165) is 29.9 Å². The minimum Gasteiger partial charge on any atom is -0.385 e. The Morgan fingerprint density at radius 2 is 2.11 bits per heavy atom. The monoisotopic (exact) mass is 276 g/mol. The van der Waals surface area contributed by atoms with Crippen LogP contribution in [0.25, 0.3) is 11.3 Å². The average molecular weight is 277 g/mol. The van der Waals surface area contributed by atoms with Crippen LogP contribution < -0.4 is 10.9 Å². The van der Waals surface area contributed by atoms with Gasteiger partial charge >= 0.3 is 0 Å². The Hall–Kier alpha value is -1.74. The number of hydrogen-bond acceptors (Lipinski definition) is 2. The highest BCUT2D eigenvalue weighted by Crippen LogP contribution is 2.20. The van der Waals surface area contributed by atoms with E-state index in [2.05, 4.69) is 17.2 Å². The first-order valence-electron chi connectivity index (χ1n) is 6.37. The van der Waals surface area contributed by atoms with E-state index in [4.69, 9.17) is 11.6 Å². The predicted molar refractivity (Wildman–Crippen MR) is 80.8 cm³/mol. The van der Waals surface area contributed by atoms with Crippen LogP contribution in [0.3, 0.4) is 0 Å². The number of pyridine rings is 1. The van der Waals surface area contributed by atoms with Gasteiger partial charge in [0.2, 0.25) is 0 Å². The Morgan fingerprint density at radius 1 is 1.26 bits per heavy atom. The van der Waals surface area contributed by atoms with Crippen LogP contribution in [-0.2, 0) is 5.88 Å². The van der Waals surface area contributed by atoms with Crippen molar-refractivity contribution >= 4 is 17.3 Å². The van der Waals surface area contributed by atoms with E-state index in [0.29, 0.717) is 5.56 Å². The zero-order valence-corrected chi connectivity index (χ0v) is 11.6. The van der Waals surface area contributed by atoms with Crippen molar-refractivity contribution in [1.29, 1.82) is 0 Å². The molecule has 0 spiro atoms. The van der Waals surface area contributed by atoms with Crippen molar-refractivity contribution < 1.29 is 0 Å². The van der Waals surface area contributed by atoms with Gasteiger partial charge in [-0.1, -0.05) is 25.1 Å². The number of benzene rings is 1. The largest absolute Gasteiger partial charge is 0.385 e. The van der Waals surface area contributed by atoms with Crippen molar-refractivity contribution in [2.75, 3.05) is 11.9 Å². The van der Waals surface area contributed by atoms with E-state index < -0.39 is 0 Å². The molecule has 0 fully saturated rings. The molecule has 100 valence electrons. The molecule has 3 nitrogen and oxygen atoms in total. The summed E-state index contributed by atoms with van der Waals surface area (Å²) in [4.78, 5) is 14.6. The lowest BCUT2D eigenvalue weighted by Gasteiger charge is -2.08. The first-order valence-corrected chi connectivity index (χ1v) is 6.90.